The third kappa shape index (κ3) is 3.13. The molecule has 0 aliphatic carbocycles. The summed E-state index contributed by atoms with van der Waals surface area (Å²) in [5.41, 5.74) is 5.14. The van der Waals surface area contributed by atoms with E-state index in [0.717, 1.165) is 12.2 Å². The lowest BCUT2D eigenvalue weighted by Crippen LogP contribution is -2.10. The predicted octanol–water partition coefficient (Wildman–Crippen LogP) is 4.88. The Morgan fingerprint density at radius 1 is 1.05 bits per heavy atom. The van der Waals surface area contributed by atoms with Crippen LogP contribution in [0.15, 0.2) is 42.5 Å². The molecule has 0 bridgehead atoms. The number of methoxy groups -OCH3 is 1. The Hall–Kier alpha value is -1.96. The van der Waals surface area contributed by atoms with E-state index in [1.165, 1.54) is 22.4 Å². The zero-order chi connectivity index (χ0) is 14.5. The van der Waals surface area contributed by atoms with Crippen LogP contribution in [0.25, 0.3) is 0 Å². The Bertz CT molecular complexity index is 560. The van der Waals surface area contributed by atoms with E-state index in [2.05, 4.69) is 56.4 Å². The number of aryl methyl sites for hydroxylation is 1. The lowest BCUT2D eigenvalue weighted by molar-refractivity contribution is 0.414. The summed E-state index contributed by atoms with van der Waals surface area (Å²) in [6.45, 7) is 6.51. The van der Waals surface area contributed by atoms with E-state index in [-0.39, 0.29) is 0 Å². The van der Waals surface area contributed by atoms with Crippen LogP contribution >= 0.6 is 0 Å². The Kier molecular flexibility index (Phi) is 4.67. The molecule has 2 heteroatoms. The van der Waals surface area contributed by atoms with E-state index in [4.69, 9.17) is 4.74 Å². The summed E-state index contributed by atoms with van der Waals surface area (Å²) < 4.78 is 5.22. The first-order valence-electron chi connectivity index (χ1n) is 7.12. The van der Waals surface area contributed by atoms with Gasteiger partial charge in [-0.05, 0) is 55.2 Å². The minimum Gasteiger partial charge on any atom is -0.497 e. The molecule has 20 heavy (non-hydrogen) atoms. The van der Waals surface area contributed by atoms with E-state index in [1.807, 2.05) is 12.1 Å². The zero-order valence-corrected chi connectivity index (χ0v) is 12.7. The molecule has 0 radical (unpaired) electrons. The van der Waals surface area contributed by atoms with Crippen LogP contribution in [0, 0.1) is 13.8 Å². The molecule has 1 atom stereocenters. The number of rotatable bonds is 5. The van der Waals surface area contributed by atoms with Gasteiger partial charge in [0.25, 0.3) is 0 Å². The Morgan fingerprint density at radius 3 is 2.35 bits per heavy atom. The molecule has 0 aliphatic heterocycles. The summed E-state index contributed by atoms with van der Waals surface area (Å²) in [7, 11) is 1.70. The highest BCUT2D eigenvalue weighted by atomic mass is 16.5. The quantitative estimate of drug-likeness (QED) is 0.835. The van der Waals surface area contributed by atoms with Crippen LogP contribution in [0.4, 0.5) is 5.69 Å². The first kappa shape index (κ1) is 14.4. The van der Waals surface area contributed by atoms with Gasteiger partial charge >= 0.3 is 0 Å². The van der Waals surface area contributed by atoms with Crippen LogP contribution in [-0.2, 0) is 0 Å². The fourth-order valence-electron chi connectivity index (χ4n) is 2.35. The summed E-state index contributed by atoms with van der Waals surface area (Å²) in [5, 5.41) is 3.65. The molecule has 2 rings (SSSR count). The van der Waals surface area contributed by atoms with Gasteiger partial charge in [-0.2, -0.15) is 0 Å². The molecule has 0 aliphatic rings. The molecule has 106 valence electrons. The highest BCUT2D eigenvalue weighted by Crippen LogP contribution is 2.27. The standard InChI is InChI=1S/C18H23NO/c1-5-17(15-9-11-16(20-4)12-10-15)19-18-8-6-7-13(2)14(18)3/h6-12,17,19H,5H2,1-4H3. The first-order valence-corrected chi connectivity index (χ1v) is 7.12. The molecule has 0 amide bonds. The molecule has 2 aromatic carbocycles. The molecule has 0 saturated heterocycles. The Balaban J connectivity index is 2.21. The van der Waals surface area contributed by atoms with E-state index < -0.39 is 0 Å². The smallest absolute Gasteiger partial charge is 0.118 e. The lowest BCUT2D eigenvalue weighted by Gasteiger charge is -2.21. The average Bonchev–Trinajstić information content (AvgIpc) is 2.49. The first-order chi connectivity index (χ1) is 9.65. The lowest BCUT2D eigenvalue weighted by atomic mass is 10.0. The van der Waals surface area contributed by atoms with Gasteiger partial charge in [0, 0.05) is 5.69 Å². The van der Waals surface area contributed by atoms with Gasteiger partial charge in [-0.3, -0.25) is 0 Å². The largest absolute Gasteiger partial charge is 0.497 e. The third-order valence-electron chi connectivity index (χ3n) is 3.86. The van der Waals surface area contributed by atoms with Gasteiger partial charge in [0.15, 0.2) is 0 Å². The molecule has 2 nitrogen and oxygen atoms in total. The number of anilines is 1. The highest BCUT2D eigenvalue weighted by molar-refractivity contribution is 5.55. The third-order valence-corrected chi connectivity index (χ3v) is 3.86. The molecule has 0 aromatic heterocycles. The van der Waals surface area contributed by atoms with Crippen LogP contribution in [0.2, 0.25) is 0 Å². The summed E-state index contributed by atoms with van der Waals surface area (Å²) in [6.07, 6.45) is 1.04. The van der Waals surface area contributed by atoms with Crippen molar-refractivity contribution in [1.82, 2.24) is 0 Å². The van der Waals surface area contributed by atoms with Crippen molar-refractivity contribution in [3.8, 4) is 5.75 Å². The summed E-state index contributed by atoms with van der Waals surface area (Å²) in [4.78, 5) is 0. The second kappa shape index (κ2) is 6.47. The number of benzene rings is 2. The van der Waals surface area contributed by atoms with Gasteiger partial charge in [-0.15, -0.1) is 0 Å². The predicted molar refractivity (Wildman–Crippen MR) is 85.6 cm³/mol. The van der Waals surface area contributed by atoms with Gasteiger partial charge in [0.05, 0.1) is 13.2 Å². The Morgan fingerprint density at radius 2 is 1.75 bits per heavy atom. The minimum absolute atomic E-state index is 0.321. The van der Waals surface area contributed by atoms with Gasteiger partial charge in [0.2, 0.25) is 0 Å². The second-order valence-corrected chi connectivity index (χ2v) is 5.13. The van der Waals surface area contributed by atoms with Gasteiger partial charge in [-0.1, -0.05) is 31.2 Å². The molecule has 1 N–H and O–H groups in total. The van der Waals surface area contributed by atoms with E-state index in [9.17, 15) is 0 Å². The molecule has 0 saturated carbocycles. The zero-order valence-electron chi connectivity index (χ0n) is 12.7. The molecule has 0 heterocycles. The van der Waals surface area contributed by atoms with Crippen LogP contribution in [0.5, 0.6) is 5.75 Å². The van der Waals surface area contributed by atoms with Crippen molar-refractivity contribution in [2.24, 2.45) is 0 Å². The van der Waals surface area contributed by atoms with Gasteiger partial charge in [-0.25, -0.2) is 0 Å². The molecular weight excluding hydrogens is 246 g/mol. The number of hydrogen-bond acceptors (Lipinski definition) is 2. The fourth-order valence-corrected chi connectivity index (χ4v) is 2.35. The average molecular weight is 269 g/mol. The summed E-state index contributed by atoms with van der Waals surface area (Å²) >= 11 is 0. The number of hydrogen-bond donors (Lipinski definition) is 1. The van der Waals surface area contributed by atoms with Crippen molar-refractivity contribution in [3.05, 3.63) is 59.2 Å². The Labute approximate surface area is 121 Å². The maximum Gasteiger partial charge on any atom is 0.118 e. The van der Waals surface area contributed by atoms with Gasteiger partial charge < -0.3 is 10.1 Å². The molecular formula is C18H23NO. The van der Waals surface area contributed by atoms with Crippen LogP contribution in [-0.4, -0.2) is 7.11 Å². The maximum absolute atomic E-state index is 5.22. The number of nitrogens with one attached hydrogen (secondary N) is 1. The van der Waals surface area contributed by atoms with Crippen molar-refractivity contribution >= 4 is 5.69 Å². The van der Waals surface area contributed by atoms with Gasteiger partial charge in [0.1, 0.15) is 5.75 Å². The summed E-state index contributed by atoms with van der Waals surface area (Å²) in [6, 6.07) is 15.0. The number of ether oxygens (including phenoxy) is 1. The molecule has 0 spiro atoms. The normalized spacial score (nSPS) is 12.0. The fraction of sp³-hybridized carbons (Fsp3) is 0.333. The van der Waals surface area contributed by atoms with Crippen LogP contribution in [0.1, 0.15) is 36.1 Å². The van der Waals surface area contributed by atoms with Crippen molar-refractivity contribution < 1.29 is 4.74 Å². The van der Waals surface area contributed by atoms with Crippen LogP contribution in [0.3, 0.4) is 0 Å². The highest BCUT2D eigenvalue weighted by Gasteiger charge is 2.11. The van der Waals surface area contributed by atoms with Crippen molar-refractivity contribution in [1.29, 1.82) is 0 Å². The molecule has 0 fully saturated rings. The van der Waals surface area contributed by atoms with Crippen molar-refractivity contribution in [2.75, 3.05) is 12.4 Å². The van der Waals surface area contributed by atoms with Crippen LogP contribution < -0.4 is 10.1 Å². The monoisotopic (exact) mass is 269 g/mol. The SMILES string of the molecule is CCC(Nc1cccc(C)c1C)c1ccc(OC)cc1. The van der Waals surface area contributed by atoms with E-state index >= 15 is 0 Å². The van der Waals surface area contributed by atoms with Crippen molar-refractivity contribution in [3.63, 3.8) is 0 Å². The maximum atomic E-state index is 5.22. The summed E-state index contributed by atoms with van der Waals surface area (Å²) in [5.74, 6) is 0.898. The molecule has 2 aromatic rings. The topological polar surface area (TPSA) is 21.3 Å². The molecule has 1 unspecified atom stereocenters. The van der Waals surface area contributed by atoms with Crippen molar-refractivity contribution in [2.45, 2.75) is 33.2 Å². The van der Waals surface area contributed by atoms with E-state index in [1.54, 1.807) is 7.11 Å². The van der Waals surface area contributed by atoms with E-state index in [0.29, 0.717) is 6.04 Å². The second-order valence-electron chi connectivity index (χ2n) is 5.13. The minimum atomic E-state index is 0.321.